The molecule has 2 N–H and O–H groups in total. The lowest BCUT2D eigenvalue weighted by Gasteiger charge is -2.36. The number of rotatable bonds is 4. The standard InChI is InChI=1S/C30H30FN3O6/c1-4-30(39)18-9-22-25-16(11-34(22)27(36)17(18)12-40-29(30)38)24-21(33(3)28(37)26(35)14-5-6-14)8-7-15-13(2)19(31)10-20(32-25)23(15)24/h9-10,14,21,26,35,39H,4-8,11-12H2,1-3H3/t21-,26?,30-/m0/s1. The van der Waals surface area contributed by atoms with Crippen molar-refractivity contribution in [1.82, 2.24) is 14.5 Å². The molecule has 2 aliphatic heterocycles. The van der Waals surface area contributed by atoms with Gasteiger partial charge in [0.2, 0.25) is 0 Å². The normalized spacial score (nSPS) is 23.4. The molecule has 2 aliphatic carbocycles. The smallest absolute Gasteiger partial charge is 0.343 e. The number of fused-ring (bicyclic) bond motifs is 5. The fourth-order valence-corrected chi connectivity index (χ4v) is 6.89. The van der Waals surface area contributed by atoms with Crippen molar-refractivity contribution in [2.45, 2.75) is 76.9 Å². The van der Waals surface area contributed by atoms with E-state index < -0.39 is 23.7 Å². The molecule has 208 valence electrons. The number of hydrogen-bond acceptors (Lipinski definition) is 7. The van der Waals surface area contributed by atoms with E-state index in [0.29, 0.717) is 35.3 Å². The van der Waals surface area contributed by atoms with Gasteiger partial charge in [0.05, 0.1) is 35.1 Å². The number of likely N-dealkylation sites (N-methyl/N-ethyl adjacent to an activating group) is 1. The van der Waals surface area contributed by atoms with Gasteiger partial charge in [0.1, 0.15) is 18.5 Å². The maximum Gasteiger partial charge on any atom is 0.343 e. The number of ether oxygens (including phenoxy) is 1. The zero-order chi connectivity index (χ0) is 28.2. The predicted molar refractivity (Wildman–Crippen MR) is 142 cm³/mol. The fourth-order valence-electron chi connectivity index (χ4n) is 6.89. The van der Waals surface area contributed by atoms with Gasteiger partial charge in [-0.3, -0.25) is 9.59 Å². The minimum absolute atomic E-state index is 0.0249. The molecular weight excluding hydrogens is 517 g/mol. The van der Waals surface area contributed by atoms with Crippen LogP contribution in [0.4, 0.5) is 4.39 Å². The summed E-state index contributed by atoms with van der Waals surface area (Å²) in [5.74, 6) is -1.55. The van der Waals surface area contributed by atoms with Crippen LogP contribution >= 0.6 is 0 Å². The number of cyclic esters (lactones) is 1. The number of nitrogens with zero attached hydrogens (tertiary/aromatic N) is 3. The van der Waals surface area contributed by atoms with Gasteiger partial charge in [-0.05, 0) is 67.7 Å². The molecule has 1 fully saturated rings. The molecule has 4 heterocycles. The van der Waals surface area contributed by atoms with Gasteiger partial charge in [-0.15, -0.1) is 0 Å². The third-order valence-electron chi connectivity index (χ3n) is 9.48. The lowest BCUT2D eigenvalue weighted by atomic mass is 9.81. The second-order valence-corrected chi connectivity index (χ2v) is 11.6. The summed E-state index contributed by atoms with van der Waals surface area (Å²) in [5, 5.41) is 22.6. The Bertz CT molecular complexity index is 1730. The number of pyridine rings is 2. The largest absolute Gasteiger partial charge is 0.458 e. The molecule has 2 aromatic heterocycles. The first-order valence-corrected chi connectivity index (χ1v) is 13.8. The molecule has 0 radical (unpaired) electrons. The van der Waals surface area contributed by atoms with Crippen LogP contribution in [0.1, 0.15) is 72.0 Å². The van der Waals surface area contributed by atoms with Crippen molar-refractivity contribution >= 4 is 22.8 Å². The summed E-state index contributed by atoms with van der Waals surface area (Å²) in [6.45, 7) is 3.32. The zero-order valence-corrected chi connectivity index (χ0v) is 22.6. The van der Waals surface area contributed by atoms with Gasteiger partial charge in [-0.2, -0.15) is 0 Å². The molecule has 10 heteroatoms. The SMILES string of the molecule is CC[C@@]1(O)C(=O)OCc2c1cc1n(c2=O)Cc2c-1nc1cc(F)c(C)c3c1c2[C@@H](N(C)C(=O)C(O)C1CC1)CC3. The van der Waals surface area contributed by atoms with Gasteiger partial charge in [0.25, 0.3) is 11.5 Å². The summed E-state index contributed by atoms with van der Waals surface area (Å²) in [6.07, 6.45) is 1.67. The topological polar surface area (TPSA) is 122 Å². The number of benzene rings is 1. The number of esters is 1. The molecule has 3 atom stereocenters. The van der Waals surface area contributed by atoms with Gasteiger partial charge in [0, 0.05) is 29.6 Å². The quantitative estimate of drug-likeness (QED) is 0.377. The third-order valence-corrected chi connectivity index (χ3v) is 9.48. The van der Waals surface area contributed by atoms with Gasteiger partial charge in [-0.25, -0.2) is 14.2 Å². The maximum absolute atomic E-state index is 15.1. The summed E-state index contributed by atoms with van der Waals surface area (Å²) >= 11 is 0. The molecule has 40 heavy (non-hydrogen) atoms. The van der Waals surface area contributed by atoms with Crippen molar-refractivity contribution in [2.24, 2.45) is 5.92 Å². The molecule has 1 amide bonds. The van der Waals surface area contributed by atoms with Crippen molar-refractivity contribution in [3.8, 4) is 11.4 Å². The summed E-state index contributed by atoms with van der Waals surface area (Å²) < 4.78 is 21.8. The van der Waals surface area contributed by atoms with E-state index in [9.17, 15) is 24.6 Å². The van der Waals surface area contributed by atoms with Gasteiger partial charge in [-0.1, -0.05) is 6.92 Å². The highest BCUT2D eigenvalue weighted by Gasteiger charge is 2.46. The van der Waals surface area contributed by atoms with E-state index in [1.165, 1.54) is 6.07 Å². The van der Waals surface area contributed by atoms with Crippen molar-refractivity contribution < 1.29 is 28.9 Å². The fraction of sp³-hybridized carbons (Fsp3) is 0.467. The molecule has 1 saturated carbocycles. The molecule has 3 aromatic rings. The lowest BCUT2D eigenvalue weighted by Crippen LogP contribution is -2.44. The number of aromatic nitrogens is 2. The molecule has 0 spiro atoms. The molecule has 0 bridgehead atoms. The van der Waals surface area contributed by atoms with Gasteiger partial charge in [0.15, 0.2) is 5.60 Å². The molecule has 0 saturated heterocycles. The lowest BCUT2D eigenvalue weighted by molar-refractivity contribution is -0.172. The highest BCUT2D eigenvalue weighted by Crippen LogP contribution is 2.47. The number of aliphatic hydroxyl groups excluding tert-OH is 1. The maximum atomic E-state index is 15.1. The Balaban J connectivity index is 1.48. The second-order valence-electron chi connectivity index (χ2n) is 11.6. The summed E-state index contributed by atoms with van der Waals surface area (Å²) in [6, 6.07) is 2.61. The Kier molecular flexibility index (Phi) is 5.35. The Labute approximate surface area is 229 Å². The highest BCUT2D eigenvalue weighted by atomic mass is 19.1. The third kappa shape index (κ3) is 3.26. The number of halogens is 1. The Morgan fingerprint density at radius 2 is 2.00 bits per heavy atom. The van der Waals surface area contributed by atoms with E-state index in [0.717, 1.165) is 34.9 Å². The van der Waals surface area contributed by atoms with Crippen LogP contribution in [0.25, 0.3) is 22.3 Å². The van der Waals surface area contributed by atoms with Crippen LogP contribution in [0.15, 0.2) is 16.9 Å². The van der Waals surface area contributed by atoms with Crippen molar-refractivity contribution in [3.63, 3.8) is 0 Å². The second kappa shape index (κ2) is 8.44. The van der Waals surface area contributed by atoms with E-state index in [4.69, 9.17) is 9.72 Å². The van der Waals surface area contributed by atoms with Gasteiger partial charge >= 0.3 is 5.97 Å². The van der Waals surface area contributed by atoms with Crippen LogP contribution in [0, 0.1) is 18.7 Å². The van der Waals surface area contributed by atoms with Crippen LogP contribution in [0.2, 0.25) is 0 Å². The van der Waals surface area contributed by atoms with E-state index in [1.807, 2.05) is 0 Å². The van der Waals surface area contributed by atoms with Crippen LogP contribution in [-0.2, 0) is 39.5 Å². The summed E-state index contributed by atoms with van der Waals surface area (Å²) in [7, 11) is 1.69. The molecule has 4 aliphatic rings. The monoisotopic (exact) mass is 547 g/mol. The average Bonchev–Trinajstić information content (AvgIpc) is 3.74. The number of amides is 1. The number of carbonyl (C=O) groups excluding carboxylic acids is 2. The van der Waals surface area contributed by atoms with E-state index >= 15 is 4.39 Å². The van der Waals surface area contributed by atoms with Gasteiger partial charge < -0.3 is 24.4 Å². The number of aliphatic hydroxyl groups is 2. The number of aryl methyl sites for hydroxylation is 1. The first kappa shape index (κ1) is 25.3. The number of hydrogen-bond donors (Lipinski definition) is 2. The van der Waals surface area contributed by atoms with Crippen molar-refractivity contribution in [2.75, 3.05) is 7.05 Å². The molecule has 1 aromatic carbocycles. The van der Waals surface area contributed by atoms with Crippen LogP contribution in [0.3, 0.4) is 0 Å². The number of carbonyl (C=O) groups is 2. The van der Waals surface area contributed by atoms with Crippen LogP contribution in [-0.4, -0.2) is 49.7 Å². The zero-order valence-electron chi connectivity index (χ0n) is 22.6. The molecule has 7 rings (SSSR count). The van der Waals surface area contributed by atoms with Crippen LogP contribution < -0.4 is 5.56 Å². The van der Waals surface area contributed by atoms with E-state index in [2.05, 4.69) is 0 Å². The minimum atomic E-state index is -1.96. The summed E-state index contributed by atoms with van der Waals surface area (Å²) in [5.41, 5.74) is 2.32. The Morgan fingerprint density at radius 1 is 1.25 bits per heavy atom. The highest BCUT2D eigenvalue weighted by molar-refractivity contribution is 5.94. The summed E-state index contributed by atoms with van der Waals surface area (Å²) in [4.78, 5) is 46.1. The average molecular weight is 548 g/mol. The predicted octanol–water partition coefficient (Wildman–Crippen LogP) is 2.74. The Morgan fingerprint density at radius 3 is 2.70 bits per heavy atom. The molecule has 9 nitrogen and oxygen atoms in total. The minimum Gasteiger partial charge on any atom is -0.458 e. The first-order chi connectivity index (χ1) is 19.1. The van der Waals surface area contributed by atoms with Crippen LogP contribution in [0.5, 0.6) is 0 Å². The van der Waals surface area contributed by atoms with Crippen molar-refractivity contribution in [1.29, 1.82) is 0 Å². The van der Waals surface area contributed by atoms with E-state index in [1.54, 1.807) is 36.4 Å². The molecular formula is C30H30FN3O6. The first-order valence-electron chi connectivity index (χ1n) is 13.8. The Hall–Kier alpha value is -3.63. The van der Waals surface area contributed by atoms with Crippen molar-refractivity contribution in [3.05, 3.63) is 61.7 Å². The van der Waals surface area contributed by atoms with E-state index in [-0.39, 0.29) is 53.9 Å². The molecule has 1 unspecified atom stereocenters.